The largest absolute Gasteiger partial charge is 0.371 e. The number of carbonyl (C=O) groups excluding carboxylic acids is 1. The zero-order valence-corrected chi connectivity index (χ0v) is 16.2. The lowest BCUT2D eigenvalue weighted by molar-refractivity contribution is -0.125. The van der Waals surface area contributed by atoms with Crippen molar-refractivity contribution in [1.82, 2.24) is 10.2 Å². The molecule has 4 nitrogen and oxygen atoms in total. The van der Waals surface area contributed by atoms with Crippen LogP contribution in [0, 0.1) is 0 Å². The summed E-state index contributed by atoms with van der Waals surface area (Å²) in [5.74, 6) is -0.00597. The molecule has 3 rings (SSSR count). The van der Waals surface area contributed by atoms with E-state index in [1.165, 1.54) is 18.5 Å². The average Bonchev–Trinajstić information content (AvgIpc) is 3.16. The first-order valence-corrected chi connectivity index (χ1v) is 9.46. The van der Waals surface area contributed by atoms with Crippen molar-refractivity contribution in [1.29, 1.82) is 0 Å². The summed E-state index contributed by atoms with van der Waals surface area (Å²) < 4.78 is 0. The average molecular weight is 372 g/mol. The highest BCUT2D eigenvalue weighted by Crippen LogP contribution is 2.25. The lowest BCUT2D eigenvalue weighted by Crippen LogP contribution is -2.37. The second-order valence-corrected chi connectivity index (χ2v) is 7.39. The number of amides is 1. The normalized spacial score (nSPS) is 15.3. The highest BCUT2D eigenvalue weighted by atomic mass is 35.5. The summed E-state index contributed by atoms with van der Waals surface area (Å²) in [6.07, 6.45) is 2.47. The minimum atomic E-state index is -0.341. The van der Waals surface area contributed by atoms with Crippen LogP contribution in [0.2, 0.25) is 5.02 Å². The first-order chi connectivity index (χ1) is 12.6. The van der Waals surface area contributed by atoms with Gasteiger partial charge < -0.3 is 10.2 Å². The quantitative estimate of drug-likeness (QED) is 0.837. The SMILES string of the molecule is CN(C)[C@@H](C(=O)NCc1ccccc1N1CCCC1)c1ccc(Cl)cc1. The summed E-state index contributed by atoms with van der Waals surface area (Å²) in [7, 11) is 3.83. The molecule has 0 bridgehead atoms. The van der Waals surface area contributed by atoms with Crippen LogP contribution in [0.25, 0.3) is 0 Å². The fourth-order valence-electron chi connectivity index (χ4n) is 3.53. The number of nitrogens with one attached hydrogen (secondary N) is 1. The van der Waals surface area contributed by atoms with Gasteiger partial charge in [-0.25, -0.2) is 0 Å². The van der Waals surface area contributed by atoms with Crippen LogP contribution in [0.3, 0.4) is 0 Å². The van der Waals surface area contributed by atoms with E-state index in [2.05, 4.69) is 28.4 Å². The van der Waals surface area contributed by atoms with Gasteiger partial charge in [0.05, 0.1) is 0 Å². The molecule has 1 fully saturated rings. The monoisotopic (exact) mass is 371 g/mol. The van der Waals surface area contributed by atoms with Crippen molar-refractivity contribution < 1.29 is 4.79 Å². The second-order valence-electron chi connectivity index (χ2n) is 6.96. The minimum Gasteiger partial charge on any atom is -0.371 e. The molecule has 1 amide bonds. The van der Waals surface area contributed by atoms with Crippen LogP contribution in [0.4, 0.5) is 5.69 Å². The summed E-state index contributed by atoms with van der Waals surface area (Å²) in [6.45, 7) is 2.72. The summed E-state index contributed by atoms with van der Waals surface area (Å²) in [5.41, 5.74) is 3.33. The molecule has 1 atom stereocenters. The van der Waals surface area contributed by atoms with Crippen molar-refractivity contribution in [3.63, 3.8) is 0 Å². The first-order valence-electron chi connectivity index (χ1n) is 9.08. The Kier molecular flexibility index (Phi) is 6.17. The maximum atomic E-state index is 12.9. The number of halogens is 1. The maximum absolute atomic E-state index is 12.9. The van der Waals surface area contributed by atoms with Gasteiger partial charge in [-0.3, -0.25) is 9.69 Å². The van der Waals surface area contributed by atoms with Gasteiger partial charge in [0, 0.05) is 30.3 Å². The van der Waals surface area contributed by atoms with Gasteiger partial charge in [0.2, 0.25) is 5.91 Å². The number of nitrogens with zero attached hydrogens (tertiary/aromatic N) is 2. The van der Waals surface area contributed by atoms with E-state index in [0.717, 1.165) is 24.2 Å². The Morgan fingerprint density at radius 2 is 1.77 bits per heavy atom. The number of hydrogen-bond acceptors (Lipinski definition) is 3. The Balaban J connectivity index is 1.72. The van der Waals surface area contributed by atoms with Crippen molar-refractivity contribution in [2.45, 2.75) is 25.4 Å². The van der Waals surface area contributed by atoms with Crippen LogP contribution in [-0.4, -0.2) is 38.0 Å². The fraction of sp³-hybridized carbons (Fsp3) is 0.381. The minimum absolute atomic E-state index is 0.00597. The van der Waals surface area contributed by atoms with E-state index in [4.69, 9.17) is 11.6 Å². The van der Waals surface area contributed by atoms with Crippen LogP contribution in [-0.2, 0) is 11.3 Å². The van der Waals surface area contributed by atoms with Crippen LogP contribution in [0.1, 0.15) is 30.0 Å². The Morgan fingerprint density at radius 1 is 1.12 bits per heavy atom. The van der Waals surface area contributed by atoms with Crippen LogP contribution < -0.4 is 10.2 Å². The molecule has 2 aromatic rings. The molecule has 0 unspecified atom stereocenters. The Morgan fingerprint density at radius 3 is 2.42 bits per heavy atom. The van der Waals surface area contributed by atoms with Gasteiger partial charge >= 0.3 is 0 Å². The Labute approximate surface area is 160 Å². The van der Waals surface area contributed by atoms with Gasteiger partial charge in [0.15, 0.2) is 0 Å². The van der Waals surface area contributed by atoms with Gasteiger partial charge in [-0.15, -0.1) is 0 Å². The van der Waals surface area contributed by atoms with Crippen molar-refractivity contribution in [3.05, 3.63) is 64.7 Å². The molecule has 0 saturated carbocycles. The van der Waals surface area contributed by atoms with E-state index in [-0.39, 0.29) is 11.9 Å². The molecular weight excluding hydrogens is 346 g/mol. The van der Waals surface area contributed by atoms with E-state index >= 15 is 0 Å². The molecule has 0 radical (unpaired) electrons. The second kappa shape index (κ2) is 8.56. The summed E-state index contributed by atoms with van der Waals surface area (Å²) in [4.78, 5) is 17.2. The first kappa shape index (κ1) is 18.7. The van der Waals surface area contributed by atoms with Gasteiger partial charge in [0.1, 0.15) is 6.04 Å². The number of carbonyl (C=O) groups is 1. The molecular formula is C21H26ClN3O. The van der Waals surface area contributed by atoms with Crippen molar-refractivity contribution in [2.24, 2.45) is 0 Å². The molecule has 26 heavy (non-hydrogen) atoms. The third-order valence-electron chi connectivity index (χ3n) is 4.84. The van der Waals surface area contributed by atoms with Crippen LogP contribution in [0.5, 0.6) is 0 Å². The summed E-state index contributed by atoms with van der Waals surface area (Å²) >= 11 is 5.98. The predicted octanol–water partition coefficient (Wildman–Crippen LogP) is 3.86. The lowest BCUT2D eigenvalue weighted by atomic mass is 10.0. The molecule has 1 aliphatic heterocycles. The standard InChI is InChI=1S/C21H26ClN3O/c1-24(2)20(16-9-11-18(22)12-10-16)21(26)23-15-17-7-3-4-8-19(17)25-13-5-6-14-25/h3-4,7-12,20H,5-6,13-15H2,1-2H3,(H,23,26)/t20-/m1/s1. The molecule has 1 aliphatic rings. The third-order valence-corrected chi connectivity index (χ3v) is 5.09. The van der Waals surface area contributed by atoms with E-state index in [1.807, 2.05) is 49.3 Å². The molecule has 0 aliphatic carbocycles. The van der Waals surface area contributed by atoms with Crippen LogP contribution >= 0.6 is 11.6 Å². The predicted molar refractivity (Wildman–Crippen MR) is 108 cm³/mol. The number of likely N-dealkylation sites (N-methyl/N-ethyl adjacent to an activating group) is 1. The number of benzene rings is 2. The van der Waals surface area contributed by atoms with Crippen molar-refractivity contribution in [3.8, 4) is 0 Å². The van der Waals surface area contributed by atoms with E-state index < -0.39 is 0 Å². The number of rotatable bonds is 6. The van der Waals surface area contributed by atoms with Crippen molar-refractivity contribution in [2.75, 3.05) is 32.1 Å². The molecule has 1 saturated heterocycles. The zero-order valence-electron chi connectivity index (χ0n) is 15.4. The molecule has 1 N–H and O–H groups in total. The van der Waals surface area contributed by atoms with E-state index in [0.29, 0.717) is 11.6 Å². The molecule has 0 aromatic heterocycles. The van der Waals surface area contributed by atoms with Gasteiger partial charge in [-0.1, -0.05) is 41.9 Å². The van der Waals surface area contributed by atoms with E-state index in [1.54, 1.807) is 0 Å². The lowest BCUT2D eigenvalue weighted by Gasteiger charge is -2.25. The van der Waals surface area contributed by atoms with E-state index in [9.17, 15) is 4.79 Å². The maximum Gasteiger partial charge on any atom is 0.242 e. The van der Waals surface area contributed by atoms with Gasteiger partial charge in [-0.2, -0.15) is 0 Å². The smallest absolute Gasteiger partial charge is 0.242 e. The molecule has 5 heteroatoms. The molecule has 2 aromatic carbocycles. The third kappa shape index (κ3) is 4.37. The molecule has 138 valence electrons. The van der Waals surface area contributed by atoms with Crippen molar-refractivity contribution >= 4 is 23.2 Å². The van der Waals surface area contributed by atoms with Gasteiger partial charge in [-0.05, 0) is 56.3 Å². The highest BCUT2D eigenvalue weighted by Gasteiger charge is 2.23. The molecule has 0 spiro atoms. The summed E-state index contributed by atoms with van der Waals surface area (Å²) in [6, 6.07) is 15.5. The summed E-state index contributed by atoms with van der Waals surface area (Å²) in [5, 5.41) is 3.79. The topological polar surface area (TPSA) is 35.6 Å². The van der Waals surface area contributed by atoms with Gasteiger partial charge in [0.25, 0.3) is 0 Å². The number of anilines is 1. The number of para-hydroxylation sites is 1. The fourth-order valence-corrected chi connectivity index (χ4v) is 3.66. The number of hydrogen-bond donors (Lipinski definition) is 1. The highest BCUT2D eigenvalue weighted by molar-refractivity contribution is 6.30. The van der Waals surface area contributed by atoms with Crippen LogP contribution in [0.15, 0.2) is 48.5 Å². The zero-order chi connectivity index (χ0) is 18.5. The Bertz CT molecular complexity index is 739. The Hall–Kier alpha value is -2.04. The molecule has 1 heterocycles.